The fourth-order valence-electron chi connectivity index (χ4n) is 4.41. The fourth-order valence-corrected chi connectivity index (χ4v) is 6.04. The predicted octanol–water partition coefficient (Wildman–Crippen LogP) is 9.82. The summed E-state index contributed by atoms with van der Waals surface area (Å²) in [6.07, 6.45) is 0. The molecule has 152 valence electrons. The molecule has 0 aliphatic carbocycles. The van der Waals surface area contributed by atoms with E-state index in [0.717, 1.165) is 4.47 Å². The summed E-state index contributed by atoms with van der Waals surface area (Å²) in [4.78, 5) is 0. The molecule has 6 rings (SSSR count). The third-order valence-electron chi connectivity index (χ3n) is 5.94. The van der Waals surface area contributed by atoms with Crippen molar-refractivity contribution < 1.29 is 0 Å². The van der Waals surface area contributed by atoms with Crippen LogP contribution in [0.15, 0.2) is 120 Å². The van der Waals surface area contributed by atoms with Gasteiger partial charge in [0.05, 0.1) is 0 Å². The lowest BCUT2D eigenvalue weighted by atomic mass is 9.95. The Morgan fingerprint density at radius 2 is 1.09 bits per heavy atom. The molecule has 0 saturated carbocycles. The highest BCUT2D eigenvalue weighted by molar-refractivity contribution is 9.10. The van der Waals surface area contributed by atoms with Crippen LogP contribution >= 0.6 is 27.3 Å². The molecule has 0 amide bonds. The first-order valence-corrected chi connectivity index (χ1v) is 12.2. The molecule has 0 fully saturated rings. The van der Waals surface area contributed by atoms with Crippen molar-refractivity contribution in [3.05, 3.63) is 120 Å². The van der Waals surface area contributed by atoms with Gasteiger partial charge in [0.2, 0.25) is 0 Å². The summed E-state index contributed by atoms with van der Waals surface area (Å²) in [5.41, 5.74) is 7.42. The Morgan fingerprint density at radius 3 is 1.91 bits per heavy atom. The Hall–Kier alpha value is -3.20. The van der Waals surface area contributed by atoms with E-state index < -0.39 is 0 Å². The number of benzene rings is 5. The molecule has 0 radical (unpaired) electrons. The van der Waals surface area contributed by atoms with E-state index in [9.17, 15) is 0 Å². The zero-order valence-electron chi connectivity index (χ0n) is 17.3. The van der Waals surface area contributed by atoms with Gasteiger partial charge in [-0.3, -0.25) is 0 Å². The molecule has 0 saturated heterocycles. The van der Waals surface area contributed by atoms with Crippen molar-refractivity contribution in [1.82, 2.24) is 0 Å². The quantitative estimate of drug-likeness (QED) is 0.231. The Labute approximate surface area is 199 Å². The van der Waals surface area contributed by atoms with Gasteiger partial charge in [-0.15, -0.1) is 11.3 Å². The van der Waals surface area contributed by atoms with Gasteiger partial charge >= 0.3 is 0 Å². The maximum atomic E-state index is 3.77. The first-order chi connectivity index (χ1) is 15.8. The molecule has 6 aromatic rings. The van der Waals surface area contributed by atoms with Gasteiger partial charge in [-0.25, -0.2) is 0 Å². The molecule has 32 heavy (non-hydrogen) atoms. The van der Waals surface area contributed by atoms with Gasteiger partial charge in [-0.1, -0.05) is 101 Å². The number of halogens is 1. The molecule has 0 N–H and O–H groups in total. The van der Waals surface area contributed by atoms with E-state index in [0.29, 0.717) is 0 Å². The standard InChI is InChI=1S/C30H19BrS/c31-25-18-23(22-15-13-21(14-16-22)20-7-2-1-3-8-20)17-24(19-25)26-10-6-12-29-30(26)27-9-4-5-11-28(27)32-29/h1-19H. The molecule has 1 aromatic heterocycles. The second-order valence-electron chi connectivity index (χ2n) is 7.95. The highest BCUT2D eigenvalue weighted by Crippen LogP contribution is 2.41. The van der Waals surface area contributed by atoms with Crippen LogP contribution in [0.1, 0.15) is 0 Å². The highest BCUT2D eigenvalue weighted by Gasteiger charge is 2.12. The number of rotatable bonds is 3. The zero-order valence-corrected chi connectivity index (χ0v) is 19.7. The molecule has 0 nitrogen and oxygen atoms in total. The normalized spacial score (nSPS) is 11.3. The maximum absolute atomic E-state index is 3.77. The molecule has 0 aliphatic heterocycles. The molecular weight excluding hydrogens is 472 g/mol. The van der Waals surface area contributed by atoms with Crippen molar-refractivity contribution in [2.75, 3.05) is 0 Å². The average molecular weight is 491 g/mol. The Bertz CT molecular complexity index is 1560. The Kier molecular flexibility index (Phi) is 4.90. The lowest BCUT2D eigenvalue weighted by Crippen LogP contribution is -1.85. The molecule has 5 aromatic carbocycles. The van der Waals surface area contributed by atoms with Gasteiger partial charge < -0.3 is 0 Å². The van der Waals surface area contributed by atoms with Gasteiger partial charge in [0, 0.05) is 24.6 Å². The number of fused-ring (bicyclic) bond motifs is 3. The minimum Gasteiger partial charge on any atom is -0.135 e. The highest BCUT2D eigenvalue weighted by atomic mass is 79.9. The molecular formula is C30H19BrS. The van der Waals surface area contributed by atoms with Crippen LogP contribution in [0.3, 0.4) is 0 Å². The van der Waals surface area contributed by atoms with E-state index in [4.69, 9.17) is 0 Å². The molecule has 1 heterocycles. The lowest BCUT2D eigenvalue weighted by Gasteiger charge is -2.10. The van der Waals surface area contributed by atoms with Gasteiger partial charge in [-0.05, 0) is 63.7 Å². The summed E-state index contributed by atoms with van der Waals surface area (Å²) in [5.74, 6) is 0. The second-order valence-corrected chi connectivity index (χ2v) is 9.95. The van der Waals surface area contributed by atoms with Gasteiger partial charge in [0.25, 0.3) is 0 Å². The van der Waals surface area contributed by atoms with Crippen LogP contribution in [0.2, 0.25) is 0 Å². The lowest BCUT2D eigenvalue weighted by molar-refractivity contribution is 1.57. The average Bonchev–Trinajstić information content (AvgIpc) is 3.23. The van der Waals surface area contributed by atoms with Crippen LogP contribution in [0, 0.1) is 0 Å². The summed E-state index contributed by atoms with van der Waals surface area (Å²) in [6, 6.07) is 41.4. The number of thiophene rings is 1. The first kappa shape index (κ1) is 19.5. The first-order valence-electron chi connectivity index (χ1n) is 10.6. The molecule has 0 aliphatic rings. The monoisotopic (exact) mass is 490 g/mol. The Morgan fingerprint density at radius 1 is 0.469 bits per heavy atom. The van der Waals surface area contributed by atoms with Crippen molar-refractivity contribution in [3.8, 4) is 33.4 Å². The molecule has 0 atom stereocenters. The van der Waals surface area contributed by atoms with Crippen LogP contribution in [-0.2, 0) is 0 Å². The SMILES string of the molecule is Brc1cc(-c2ccc(-c3ccccc3)cc2)cc(-c2cccc3sc4ccccc4c23)c1. The van der Waals surface area contributed by atoms with E-state index in [2.05, 4.69) is 131 Å². The van der Waals surface area contributed by atoms with Crippen molar-refractivity contribution in [2.24, 2.45) is 0 Å². The maximum Gasteiger partial charge on any atom is 0.0361 e. The minimum absolute atomic E-state index is 1.09. The van der Waals surface area contributed by atoms with Crippen LogP contribution in [0.25, 0.3) is 53.6 Å². The molecule has 2 heteroatoms. The summed E-state index contributed by atoms with van der Waals surface area (Å²) in [5, 5.41) is 2.67. The van der Waals surface area contributed by atoms with E-state index in [1.165, 1.54) is 53.6 Å². The summed E-state index contributed by atoms with van der Waals surface area (Å²) >= 11 is 5.63. The van der Waals surface area contributed by atoms with Crippen molar-refractivity contribution >= 4 is 47.4 Å². The Balaban J connectivity index is 1.48. The van der Waals surface area contributed by atoms with Crippen LogP contribution < -0.4 is 0 Å². The van der Waals surface area contributed by atoms with Gasteiger partial charge in [-0.2, -0.15) is 0 Å². The molecule has 0 unspecified atom stereocenters. The van der Waals surface area contributed by atoms with Gasteiger partial charge in [0.15, 0.2) is 0 Å². The van der Waals surface area contributed by atoms with E-state index in [1.807, 2.05) is 11.3 Å². The summed E-state index contributed by atoms with van der Waals surface area (Å²) in [7, 11) is 0. The van der Waals surface area contributed by atoms with Crippen molar-refractivity contribution in [1.29, 1.82) is 0 Å². The van der Waals surface area contributed by atoms with E-state index in [1.54, 1.807) is 0 Å². The third-order valence-corrected chi connectivity index (χ3v) is 7.53. The van der Waals surface area contributed by atoms with E-state index >= 15 is 0 Å². The number of hydrogen-bond acceptors (Lipinski definition) is 1. The molecule has 0 spiro atoms. The second kappa shape index (κ2) is 8.05. The van der Waals surface area contributed by atoms with Crippen molar-refractivity contribution in [3.63, 3.8) is 0 Å². The van der Waals surface area contributed by atoms with E-state index in [-0.39, 0.29) is 0 Å². The van der Waals surface area contributed by atoms with Crippen LogP contribution in [0.5, 0.6) is 0 Å². The minimum atomic E-state index is 1.09. The summed E-state index contributed by atoms with van der Waals surface area (Å²) < 4.78 is 3.76. The van der Waals surface area contributed by atoms with Crippen LogP contribution in [0.4, 0.5) is 0 Å². The largest absolute Gasteiger partial charge is 0.135 e. The van der Waals surface area contributed by atoms with Gasteiger partial charge in [0.1, 0.15) is 0 Å². The predicted molar refractivity (Wildman–Crippen MR) is 143 cm³/mol. The topological polar surface area (TPSA) is 0 Å². The van der Waals surface area contributed by atoms with Crippen molar-refractivity contribution in [2.45, 2.75) is 0 Å². The van der Waals surface area contributed by atoms with Crippen LogP contribution in [-0.4, -0.2) is 0 Å². The molecule has 0 bridgehead atoms. The zero-order chi connectivity index (χ0) is 21.5. The number of hydrogen-bond donors (Lipinski definition) is 0. The summed E-state index contributed by atoms with van der Waals surface area (Å²) in [6.45, 7) is 0. The smallest absolute Gasteiger partial charge is 0.0361 e. The fraction of sp³-hybridized carbons (Fsp3) is 0. The third kappa shape index (κ3) is 3.46.